The van der Waals surface area contributed by atoms with Crippen molar-refractivity contribution in [2.45, 2.75) is 13.3 Å². The molecule has 0 aromatic heterocycles. The fraction of sp³-hybridized carbons (Fsp3) is 0.211. The molecule has 124 valence electrons. The molecule has 0 spiro atoms. The average Bonchev–Trinajstić information content (AvgIpc) is 2.56. The van der Waals surface area contributed by atoms with Crippen LogP contribution in [-0.2, 0) is 0 Å². The molecule has 0 saturated heterocycles. The molecule has 0 atom stereocenters. The summed E-state index contributed by atoms with van der Waals surface area (Å²) in [6.07, 6.45) is 1.01. The van der Waals surface area contributed by atoms with Crippen molar-refractivity contribution in [2.75, 3.05) is 18.4 Å². The Bertz CT molecular complexity index is 777. The van der Waals surface area contributed by atoms with Crippen LogP contribution in [0.2, 0.25) is 0 Å². The number of anilines is 1. The third kappa shape index (κ3) is 3.36. The average molecular weight is 328 g/mol. The molecule has 1 aliphatic rings. The zero-order valence-electron chi connectivity index (χ0n) is 13.3. The molecular weight excluding hydrogens is 310 g/mol. The van der Waals surface area contributed by atoms with E-state index in [0.717, 1.165) is 37.2 Å². The summed E-state index contributed by atoms with van der Waals surface area (Å²) >= 11 is 0. The lowest BCUT2D eigenvalue weighted by atomic mass is 9.96. The molecule has 5 heteroatoms. The van der Waals surface area contributed by atoms with Crippen LogP contribution in [-0.4, -0.2) is 19.0 Å². The van der Waals surface area contributed by atoms with Gasteiger partial charge in [0.1, 0.15) is 17.2 Å². The second kappa shape index (κ2) is 6.93. The highest BCUT2D eigenvalue weighted by Crippen LogP contribution is 2.24. The normalized spacial score (nSPS) is 14.6. The summed E-state index contributed by atoms with van der Waals surface area (Å²) in [5.74, 6) is -2.55. The van der Waals surface area contributed by atoms with E-state index in [2.05, 4.69) is 17.6 Å². The molecular formula is C19H18F2N2O. The summed E-state index contributed by atoms with van der Waals surface area (Å²) in [5, 5.41) is 5.86. The van der Waals surface area contributed by atoms with Gasteiger partial charge in [0.15, 0.2) is 0 Å². The highest BCUT2D eigenvalue weighted by Gasteiger charge is 2.17. The number of hydrogen-bond acceptors (Lipinski definition) is 2. The van der Waals surface area contributed by atoms with Gasteiger partial charge in [-0.1, -0.05) is 23.8 Å². The van der Waals surface area contributed by atoms with Crippen LogP contribution in [0.3, 0.4) is 0 Å². The third-order valence-electron chi connectivity index (χ3n) is 4.17. The summed E-state index contributed by atoms with van der Waals surface area (Å²) in [6, 6.07) is 10.6. The monoisotopic (exact) mass is 328 g/mol. The van der Waals surface area contributed by atoms with Gasteiger partial charge < -0.3 is 10.6 Å². The Morgan fingerprint density at radius 2 is 1.75 bits per heavy atom. The SMILES string of the molecule is CC1=C(c2ccc(NC(=O)c3c(F)cccc3F)cc2)CNCC1. The number of rotatable bonds is 3. The van der Waals surface area contributed by atoms with Gasteiger partial charge in [0.25, 0.3) is 5.91 Å². The molecule has 0 fully saturated rings. The van der Waals surface area contributed by atoms with Crippen molar-refractivity contribution in [3.8, 4) is 0 Å². The molecule has 0 saturated carbocycles. The van der Waals surface area contributed by atoms with E-state index in [4.69, 9.17) is 0 Å². The standard InChI is InChI=1S/C19H18F2N2O/c1-12-9-10-22-11-15(12)13-5-7-14(8-6-13)23-19(24)18-16(20)3-2-4-17(18)21/h2-8,22H,9-11H2,1H3,(H,23,24). The number of carbonyl (C=O) groups excluding carboxylic acids is 1. The fourth-order valence-corrected chi connectivity index (χ4v) is 2.80. The second-order valence-corrected chi connectivity index (χ2v) is 5.81. The summed E-state index contributed by atoms with van der Waals surface area (Å²) in [6.45, 7) is 3.92. The van der Waals surface area contributed by atoms with E-state index >= 15 is 0 Å². The maximum atomic E-state index is 13.6. The van der Waals surface area contributed by atoms with Crippen molar-refractivity contribution in [2.24, 2.45) is 0 Å². The lowest BCUT2D eigenvalue weighted by molar-refractivity contribution is 0.101. The van der Waals surface area contributed by atoms with Crippen LogP contribution in [0.4, 0.5) is 14.5 Å². The minimum Gasteiger partial charge on any atom is -0.322 e. The fourth-order valence-electron chi connectivity index (χ4n) is 2.80. The first-order chi connectivity index (χ1) is 11.6. The van der Waals surface area contributed by atoms with Crippen LogP contribution in [0.1, 0.15) is 29.3 Å². The maximum Gasteiger partial charge on any atom is 0.261 e. The van der Waals surface area contributed by atoms with Gasteiger partial charge in [0, 0.05) is 12.2 Å². The van der Waals surface area contributed by atoms with Gasteiger partial charge in [0.2, 0.25) is 0 Å². The predicted molar refractivity (Wildman–Crippen MR) is 90.8 cm³/mol. The summed E-state index contributed by atoms with van der Waals surface area (Å²) in [5.41, 5.74) is 3.60. The van der Waals surface area contributed by atoms with E-state index in [0.29, 0.717) is 5.69 Å². The highest BCUT2D eigenvalue weighted by molar-refractivity contribution is 6.04. The van der Waals surface area contributed by atoms with Crippen LogP contribution in [0.5, 0.6) is 0 Å². The van der Waals surface area contributed by atoms with E-state index in [1.165, 1.54) is 17.2 Å². The quantitative estimate of drug-likeness (QED) is 0.895. The Labute approximate surface area is 139 Å². The molecule has 0 bridgehead atoms. The number of hydrogen-bond donors (Lipinski definition) is 2. The highest BCUT2D eigenvalue weighted by atomic mass is 19.1. The first kappa shape index (κ1) is 16.3. The van der Waals surface area contributed by atoms with E-state index in [1.807, 2.05) is 12.1 Å². The largest absolute Gasteiger partial charge is 0.322 e. The van der Waals surface area contributed by atoms with Crippen LogP contribution >= 0.6 is 0 Å². The molecule has 1 heterocycles. The topological polar surface area (TPSA) is 41.1 Å². The van der Waals surface area contributed by atoms with Gasteiger partial charge in [-0.15, -0.1) is 0 Å². The van der Waals surface area contributed by atoms with Crippen LogP contribution in [0, 0.1) is 11.6 Å². The van der Waals surface area contributed by atoms with Crippen LogP contribution in [0.15, 0.2) is 48.0 Å². The molecule has 1 amide bonds. The van der Waals surface area contributed by atoms with Crippen molar-refractivity contribution in [1.82, 2.24) is 5.32 Å². The Kier molecular flexibility index (Phi) is 4.71. The van der Waals surface area contributed by atoms with Gasteiger partial charge in [-0.05, 0) is 55.3 Å². The lowest BCUT2D eigenvalue weighted by Gasteiger charge is -2.19. The van der Waals surface area contributed by atoms with Crippen molar-refractivity contribution in [3.63, 3.8) is 0 Å². The number of halogens is 2. The first-order valence-corrected chi connectivity index (χ1v) is 7.81. The molecule has 0 unspecified atom stereocenters. The van der Waals surface area contributed by atoms with Gasteiger partial charge in [-0.25, -0.2) is 8.78 Å². The van der Waals surface area contributed by atoms with Gasteiger partial charge >= 0.3 is 0 Å². The number of amides is 1. The maximum absolute atomic E-state index is 13.6. The molecule has 3 rings (SSSR count). The van der Waals surface area contributed by atoms with Crippen LogP contribution in [0.25, 0.3) is 5.57 Å². The van der Waals surface area contributed by atoms with E-state index in [9.17, 15) is 13.6 Å². The molecule has 24 heavy (non-hydrogen) atoms. The zero-order chi connectivity index (χ0) is 17.1. The molecule has 3 nitrogen and oxygen atoms in total. The Hall–Kier alpha value is -2.53. The molecule has 2 aromatic rings. The summed E-state index contributed by atoms with van der Waals surface area (Å²) < 4.78 is 27.3. The Morgan fingerprint density at radius 1 is 1.08 bits per heavy atom. The molecule has 0 radical (unpaired) electrons. The minimum atomic E-state index is -0.877. The second-order valence-electron chi connectivity index (χ2n) is 5.81. The Balaban J connectivity index is 1.78. The van der Waals surface area contributed by atoms with E-state index in [-0.39, 0.29) is 0 Å². The van der Waals surface area contributed by atoms with Gasteiger partial charge in [0.05, 0.1) is 0 Å². The minimum absolute atomic E-state index is 0.494. The summed E-state index contributed by atoms with van der Waals surface area (Å²) in [7, 11) is 0. The number of nitrogens with one attached hydrogen (secondary N) is 2. The molecule has 1 aliphatic heterocycles. The Morgan fingerprint density at radius 3 is 2.38 bits per heavy atom. The van der Waals surface area contributed by atoms with E-state index in [1.54, 1.807) is 12.1 Å². The molecule has 0 aliphatic carbocycles. The van der Waals surface area contributed by atoms with Crippen molar-refractivity contribution in [3.05, 3.63) is 70.8 Å². The smallest absolute Gasteiger partial charge is 0.261 e. The van der Waals surface area contributed by atoms with E-state index < -0.39 is 23.1 Å². The summed E-state index contributed by atoms with van der Waals surface area (Å²) in [4.78, 5) is 12.1. The zero-order valence-corrected chi connectivity index (χ0v) is 13.3. The molecule has 2 aromatic carbocycles. The first-order valence-electron chi connectivity index (χ1n) is 7.81. The van der Waals surface area contributed by atoms with Crippen molar-refractivity contribution >= 4 is 17.2 Å². The van der Waals surface area contributed by atoms with Gasteiger partial charge in [-0.3, -0.25) is 4.79 Å². The van der Waals surface area contributed by atoms with Gasteiger partial charge in [-0.2, -0.15) is 0 Å². The van der Waals surface area contributed by atoms with Crippen molar-refractivity contribution < 1.29 is 13.6 Å². The van der Waals surface area contributed by atoms with Crippen LogP contribution < -0.4 is 10.6 Å². The number of benzene rings is 2. The predicted octanol–water partition coefficient (Wildman–Crippen LogP) is 3.98. The molecule has 2 N–H and O–H groups in total. The number of carbonyl (C=O) groups is 1. The van der Waals surface area contributed by atoms with Crippen molar-refractivity contribution in [1.29, 1.82) is 0 Å². The third-order valence-corrected chi connectivity index (χ3v) is 4.17. The lowest BCUT2D eigenvalue weighted by Crippen LogP contribution is -2.23.